The van der Waals surface area contributed by atoms with E-state index in [2.05, 4.69) is 5.32 Å². The van der Waals surface area contributed by atoms with Crippen LogP contribution in [0.1, 0.15) is 34.5 Å². The first-order valence-corrected chi connectivity index (χ1v) is 11.6. The van der Waals surface area contributed by atoms with E-state index in [1.807, 2.05) is 0 Å². The van der Waals surface area contributed by atoms with Gasteiger partial charge in [-0.05, 0) is 54.4 Å². The Hall–Kier alpha value is -3.30. The van der Waals surface area contributed by atoms with Crippen LogP contribution in [-0.4, -0.2) is 32.7 Å². The molecule has 1 N–H and O–H groups in total. The molecule has 3 aromatic rings. The van der Waals surface area contributed by atoms with E-state index in [-0.39, 0.29) is 30.0 Å². The predicted octanol–water partition coefficient (Wildman–Crippen LogP) is 4.27. The molecule has 174 valence electrons. The summed E-state index contributed by atoms with van der Waals surface area (Å²) in [6.07, 6.45) is 0. The Morgan fingerprint density at radius 2 is 1.55 bits per heavy atom. The fourth-order valence-electron chi connectivity index (χ4n) is 3.18. The third kappa shape index (κ3) is 5.74. The maximum atomic E-state index is 14.4. The average Bonchev–Trinajstić information content (AvgIpc) is 2.78. The van der Waals surface area contributed by atoms with Crippen molar-refractivity contribution in [1.82, 2.24) is 9.62 Å². The Morgan fingerprint density at radius 1 is 0.939 bits per heavy atom. The highest BCUT2D eigenvalue weighted by Gasteiger charge is 2.27. The number of nitrogens with zero attached hydrogens (tertiary/aromatic N) is 2. The number of hydrogen-bond acceptors (Lipinski definition) is 3. The number of carbonyl (C=O) groups excluding carboxylic acids is 1. The summed E-state index contributed by atoms with van der Waals surface area (Å²) in [5.41, 5.74) is 1.64. The van der Waals surface area contributed by atoms with Crippen molar-refractivity contribution >= 4 is 21.8 Å². The molecule has 0 bridgehead atoms. The summed E-state index contributed by atoms with van der Waals surface area (Å²) < 4.78 is 55.2. The molecule has 1 amide bonds. The maximum absolute atomic E-state index is 14.4. The summed E-state index contributed by atoms with van der Waals surface area (Å²) in [7, 11) is -1.22. The molecule has 1 unspecified atom stereocenters. The zero-order valence-electron chi connectivity index (χ0n) is 18.5. The zero-order chi connectivity index (χ0) is 24.2. The van der Waals surface area contributed by atoms with Gasteiger partial charge >= 0.3 is 10.2 Å². The molecule has 0 heterocycles. The van der Waals surface area contributed by atoms with Crippen LogP contribution in [0.2, 0.25) is 0 Å². The maximum Gasteiger partial charge on any atom is 0.303 e. The summed E-state index contributed by atoms with van der Waals surface area (Å²) in [4.78, 5) is 12.6. The van der Waals surface area contributed by atoms with Crippen molar-refractivity contribution in [3.05, 3.63) is 101 Å². The molecule has 0 saturated carbocycles. The molecule has 3 aromatic carbocycles. The highest BCUT2D eigenvalue weighted by Crippen LogP contribution is 2.25. The van der Waals surface area contributed by atoms with Crippen LogP contribution in [0.25, 0.3) is 0 Å². The molecular weight excluding hydrogens is 448 g/mol. The lowest BCUT2D eigenvalue weighted by Crippen LogP contribution is -2.40. The lowest BCUT2D eigenvalue weighted by atomic mass is 10.1. The Labute approximate surface area is 192 Å². The largest absolute Gasteiger partial charge is 0.346 e. The van der Waals surface area contributed by atoms with Crippen LogP contribution in [0, 0.1) is 11.6 Å². The number of halogens is 2. The topological polar surface area (TPSA) is 69.7 Å². The van der Waals surface area contributed by atoms with Crippen molar-refractivity contribution in [2.45, 2.75) is 19.5 Å². The molecule has 9 heteroatoms. The molecule has 0 spiro atoms. The van der Waals surface area contributed by atoms with Crippen molar-refractivity contribution in [1.29, 1.82) is 0 Å². The minimum absolute atomic E-state index is 0.0684. The minimum atomic E-state index is -3.97. The van der Waals surface area contributed by atoms with Gasteiger partial charge in [0.2, 0.25) is 0 Å². The lowest BCUT2D eigenvalue weighted by molar-refractivity contribution is 0.0940. The van der Waals surface area contributed by atoms with Crippen molar-refractivity contribution in [3.63, 3.8) is 0 Å². The summed E-state index contributed by atoms with van der Waals surface area (Å²) in [6, 6.07) is 17.6. The molecule has 3 rings (SSSR count). The summed E-state index contributed by atoms with van der Waals surface area (Å²) in [6.45, 7) is 1.67. The highest BCUT2D eigenvalue weighted by molar-refractivity contribution is 7.90. The first-order chi connectivity index (χ1) is 15.6. The fraction of sp³-hybridized carbons (Fsp3) is 0.208. The van der Waals surface area contributed by atoms with Gasteiger partial charge in [-0.15, -0.1) is 0 Å². The molecule has 0 saturated heterocycles. The number of para-hydroxylation sites is 1. The van der Waals surface area contributed by atoms with E-state index < -0.39 is 16.0 Å². The second-order valence-corrected chi connectivity index (χ2v) is 9.76. The van der Waals surface area contributed by atoms with Crippen LogP contribution in [0.5, 0.6) is 0 Å². The summed E-state index contributed by atoms with van der Waals surface area (Å²) >= 11 is 0. The van der Waals surface area contributed by atoms with E-state index in [4.69, 9.17) is 0 Å². The van der Waals surface area contributed by atoms with Crippen molar-refractivity contribution in [3.8, 4) is 0 Å². The number of anilines is 1. The third-order valence-electron chi connectivity index (χ3n) is 5.12. The molecular formula is C24H25F2N3O3S. The molecule has 0 aliphatic heterocycles. The van der Waals surface area contributed by atoms with Gasteiger partial charge < -0.3 is 5.32 Å². The Bertz CT molecular complexity index is 1210. The van der Waals surface area contributed by atoms with Crippen LogP contribution < -0.4 is 9.62 Å². The normalized spacial score (nSPS) is 12.4. The van der Waals surface area contributed by atoms with E-state index in [1.54, 1.807) is 49.4 Å². The second kappa shape index (κ2) is 10.1. The number of hydrogen-bond donors (Lipinski definition) is 1. The van der Waals surface area contributed by atoms with Crippen molar-refractivity contribution in [2.24, 2.45) is 0 Å². The molecule has 6 nitrogen and oxygen atoms in total. The van der Waals surface area contributed by atoms with Crippen molar-refractivity contribution < 1.29 is 22.0 Å². The van der Waals surface area contributed by atoms with Gasteiger partial charge in [-0.3, -0.25) is 9.10 Å². The standard InChI is InChI=1S/C24H25F2N3O3S/c1-17(19-12-14-21(25)15-13-19)27-24(30)20-10-8-18(9-11-20)16-29(33(31,32)28(2)3)23-7-5-4-6-22(23)26/h4-15,17H,16H2,1-3H3,(H,27,30). The quantitative estimate of drug-likeness (QED) is 0.531. The zero-order valence-corrected chi connectivity index (χ0v) is 19.3. The monoisotopic (exact) mass is 473 g/mol. The van der Waals surface area contributed by atoms with E-state index >= 15 is 0 Å². The van der Waals surface area contributed by atoms with Gasteiger partial charge in [0.15, 0.2) is 0 Å². The lowest BCUT2D eigenvalue weighted by Gasteiger charge is -2.27. The molecule has 0 aliphatic rings. The van der Waals surface area contributed by atoms with Gasteiger partial charge in [-0.1, -0.05) is 36.4 Å². The Morgan fingerprint density at radius 3 is 2.12 bits per heavy atom. The Balaban J connectivity index is 1.78. The molecule has 33 heavy (non-hydrogen) atoms. The number of rotatable bonds is 8. The van der Waals surface area contributed by atoms with Gasteiger partial charge in [0.1, 0.15) is 11.6 Å². The van der Waals surface area contributed by atoms with E-state index in [0.717, 1.165) is 14.2 Å². The minimum Gasteiger partial charge on any atom is -0.346 e. The van der Waals surface area contributed by atoms with Gasteiger partial charge in [0.05, 0.1) is 18.3 Å². The van der Waals surface area contributed by atoms with Crippen LogP contribution in [0.15, 0.2) is 72.8 Å². The second-order valence-electron chi connectivity index (χ2n) is 7.69. The van der Waals surface area contributed by atoms with Crippen LogP contribution in [0.4, 0.5) is 14.5 Å². The summed E-state index contributed by atoms with van der Waals surface area (Å²) in [5.74, 6) is -1.34. The van der Waals surface area contributed by atoms with Gasteiger partial charge in [0, 0.05) is 19.7 Å². The molecule has 1 atom stereocenters. The molecule has 0 aliphatic carbocycles. The highest BCUT2D eigenvalue weighted by atomic mass is 32.2. The van der Waals surface area contributed by atoms with E-state index in [1.165, 1.54) is 44.4 Å². The number of nitrogens with one attached hydrogen (secondary N) is 1. The van der Waals surface area contributed by atoms with Crippen LogP contribution >= 0.6 is 0 Å². The van der Waals surface area contributed by atoms with Gasteiger partial charge in [-0.25, -0.2) is 8.78 Å². The smallest absolute Gasteiger partial charge is 0.303 e. The van der Waals surface area contributed by atoms with E-state index in [9.17, 15) is 22.0 Å². The third-order valence-corrected chi connectivity index (χ3v) is 6.93. The van der Waals surface area contributed by atoms with Gasteiger partial charge in [-0.2, -0.15) is 12.7 Å². The molecule has 0 aromatic heterocycles. The number of carbonyl (C=O) groups is 1. The predicted molar refractivity (Wildman–Crippen MR) is 124 cm³/mol. The van der Waals surface area contributed by atoms with Crippen LogP contribution in [0.3, 0.4) is 0 Å². The molecule has 0 fully saturated rings. The van der Waals surface area contributed by atoms with Crippen molar-refractivity contribution in [2.75, 3.05) is 18.4 Å². The van der Waals surface area contributed by atoms with Crippen LogP contribution in [-0.2, 0) is 16.8 Å². The number of amides is 1. The number of benzene rings is 3. The first-order valence-electron chi connectivity index (χ1n) is 10.2. The fourth-order valence-corrected chi connectivity index (χ4v) is 4.29. The SMILES string of the molecule is CC(NC(=O)c1ccc(CN(c2ccccc2F)S(=O)(=O)N(C)C)cc1)c1ccc(F)cc1. The van der Waals surface area contributed by atoms with E-state index in [0.29, 0.717) is 11.1 Å². The average molecular weight is 474 g/mol. The Kier molecular flexibility index (Phi) is 7.45. The molecule has 0 radical (unpaired) electrons. The first kappa shape index (κ1) is 24.3. The van der Waals surface area contributed by atoms with Gasteiger partial charge in [0.25, 0.3) is 5.91 Å². The summed E-state index contributed by atoms with van der Waals surface area (Å²) in [5, 5.41) is 2.84.